The highest BCUT2D eigenvalue weighted by atomic mass is 16.6. The summed E-state index contributed by atoms with van der Waals surface area (Å²) in [5.41, 5.74) is -0.0273. The van der Waals surface area contributed by atoms with Crippen LogP contribution in [0.3, 0.4) is 0 Å². The Bertz CT molecular complexity index is 767. The van der Waals surface area contributed by atoms with Gasteiger partial charge in [0.15, 0.2) is 5.82 Å². The largest absolute Gasteiger partial charge is 0.339 e. The Kier molecular flexibility index (Phi) is 5.03. The molecule has 1 aromatic carbocycles. The standard InChI is InChI=1S/C16H19N5O4/c1-2-15-17-14(18-25-15)11-19-7-9-20(10-8-19)16(22)12-5-3-4-6-13(12)21(23)24/h3-6H,2,7-11H2,1H3. The molecule has 0 radical (unpaired) electrons. The normalized spacial score (nSPS) is 15.3. The minimum atomic E-state index is -0.523. The van der Waals surface area contributed by atoms with E-state index in [0.717, 1.165) is 0 Å². The van der Waals surface area contributed by atoms with E-state index in [2.05, 4.69) is 15.0 Å². The molecule has 1 aliphatic rings. The molecule has 132 valence electrons. The van der Waals surface area contributed by atoms with Crippen LogP contribution < -0.4 is 0 Å². The van der Waals surface area contributed by atoms with E-state index in [-0.39, 0.29) is 17.2 Å². The minimum absolute atomic E-state index is 0.131. The van der Waals surface area contributed by atoms with Gasteiger partial charge < -0.3 is 9.42 Å². The van der Waals surface area contributed by atoms with Crippen LogP contribution in [0.15, 0.2) is 28.8 Å². The Morgan fingerprint density at radius 2 is 2.00 bits per heavy atom. The van der Waals surface area contributed by atoms with Gasteiger partial charge in [-0.2, -0.15) is 4.98 Å². The molecule has 2 aromatic rings. The van der Waals surface area contributed by atoms with Gasteiger partial charge in [-0.25, -0.2) is 0 Å². The van der Waals surface area contributed by atoms with Crippen LogP contribution in [0.5, 0.6) is 0 Å². The molecule has 2 heterocycles. The van der Waals surface area contributed by atoms with Crippen LogP contribution in [-0.2, 0) is 13.0 Å². The van der Waals surface area contributed by atoms with Crippen molar-refractivity contribution in [3.05, 3.63) is 51.7 Å². The lowest BCUT2D eigenvalue weighted by atomic mass is 10.1. The molecule has 0 N–H and O–H groups in total. The minimum Gasteiger partial charge on any atom is -0.339 e. The van der Waals surface area contributed by atoms with Crippen molar-refractivity contribution >= 4 is 11.6 Å². The summed E-state index contributed by atoms with van der Waals surface area (Å²) < 4.78 is 5.09. The second kappa shape index (κ2) is 7.39. The molecule has 0 spiro atoms. The number of para-hydroxylation sites is 1. The number of nitro groups is 1. The highest BCUT2D eigenvalue weighted by Gasteiger charge is 2.27. The average Bonchev–Trinajstić information content (AvgIpc) is 3.09. The lowest BCUT2D eigenvalue weighted by Gasteiger charge is -2.34. The second-order valence-corrected chi connectivity index (χ2v) is 5.80. The number of amides is 1. The summed E-state index contributed by atoms with van der Waals surface area (Å²) in [7, 11) is 0. The zero-order valence-electron chi connectivity index (χ0n) is 13.9. The molecule has 3 rings (SSSR count). The Morgan fingerprint density at radius 3 is 2.64 bits per heavy atom. The van der Waals surface area contributed by atoms with Gasteiger partial charge in [0.05, 0.1) is 11.5 Å². The number of piperazine rings is 1. The van der Waals surface area contributed by atoms with Gasteiger partial charge >= 0.3 is 0 Å². The number of carbonyl (C=O) groups excluding carboxylic acids is 1. The summed E-state index contributed by atoms with van der Waals surface area (Å²) in [6.07, 6.45) is 0.700. The van der Waals surface area contributed by atoms with Crippen LogP contribution in [0.25, 0.3) is 0 Å². The number of nitro benzene ring substituents is 1. The summed E-state index contributed by atoms with van der Waals surface area (Å²) in [6.45, 7) is 4.83. The molecule has 0 atom stereocenters. The van der Waals surface area contributed by atoms with E-state index in [1.165, 1.54) is 12.1 Å². The maximum Gasteiger partial charge on any atom is 0.282 e. The molecule has 9 heteroatoms. The van der Waals surface area contributed by atoms with Crippen molar-refractivity contribution in [1.82, 2.24) is 19.9 Å². The molecule has 0 aliphatic carbocycles. The van der Waals surface area contributed by atoms with E-state index < -0.39 is 4.92 Å². The molecule has 1 aromatic heterocycles. The molecular weight excluding hydrogens is 326 g/mol. The van der Waals surface area contributed by atoms with Gasteiger partial charge in [-0.15, -0.1) is 0 Å². The maximum atomic E-state index is 12.6. The Labute approximate surface area is 144 Å². The summed E-state index contributed by atoms with van der Waals surface area (Å²) in [6, 6.07) is 6.05. The number of aryl methyl sites for hydroxylation is 1. The van der Waals surface area contributed by atoms with Gasteiger partial charge in [-0.3, -0.25) is 19.8 Å². The smallest absolute Gasteiger partial charge is 0.282 e. The summed E-state index contributed by atoms with van der Waals surface area (Å²) in [4.78, 5) is 31.2. The zero-order valence-corrected chi connectivity index (χ0v) is 13.9. The summed E-state index contributed by atoms with van der Waals surface area (Å²) >= 11 is 0. The first-order valence-electron chi connectivity index (χ1n) is 8.15. The zero-order chi connectivity index (χ0) is 17.8. The molecule has 1 fully saturated rings. The lowest BCUT2D eigenvalue weighted by Crippen LogP contribution is -2.48. The summed E-state index contributed by atoms with van der Waals surface area (Å²) in [5.74, 6) is 0.940. The number of aromatic nitrogens is 2. The van der Waals surface area contributed by atoms with E-state index >= 15 is 0 Å². The van der Waals surface area contributed by atoms with E-state index in [9.17, 15) is 14.9 Å². The van der Waals surface area contributed by atoms with E-state index in [1.807, 2.05) is 6.92 Å². The first-order valence-corrected chi connectivity index (χ1v) is 8.15. The van der Waals surface area contributed by atoms with Crippen LogP contribution >= 0.6 is 0 Å². The fourth-order valence-electron chi connectivity index (χ4n) is 2.79. The fourth-order valence-corrected chi connectivity index (χ4v) is 2.79. The molecule has 1 saturated heterocycles. The average molecular weight is 345 g/mol. The Hall–Kier alpha value is -2.81. The van der Waals surface area contributed by atoms with Crippen molar-refractivity contribution in [2.24, 2.45) is 0 Å². The molecule has 25 heavy (non-hydrogen) atoms. The van der Waals surface area contributed by atoms with E-state index in [0.29, 0.717) is 50.9 Å². The van der Waals surface area contributed by atoms with Crippen molar-refractivity contribution in [2.45, 2.75) is 19.9 Å². The van der Waals surface area contributed by atoms with Crippen molar-refractivity contribution in [3.63, 3.8) is 0 Å². The predicted octanol–water partition coefficient (Wildman–Crippen LogP) is 1.50. The monoisotopic (exact) mass is 345 g/mol. The van der Waals surface area contributed by atoms with Crippen LogP contribution in [0.1, 0.15) is 29.0 Å². The molecule has 1 aliphatic heterocycles. The molecule has 0 unspecified atom stereocenters. The number of benzene rings is 1. The third kappa shape index (κ3) is 3.82. The summed E-state index contributed by atoms with van der Waals surface area (Å²) in [5, 5.41) is 15.0. The first kappa shape index (κ1) is 17.0. The van der Waals surface area contributed by atoms with Gasteiger partial charge in [0, 0.05) is 38.7 Å². The molecule has 1 amide bonds. The van der Waals surface area contributed by atoms with Crippen molar-refractivity contribution in [2.75, 3.05) is 26.2 Å². The van der Waals surface area contributed by atoms with Crippen molar-refractivity contribution < 1.29 is 14.2 Å². The SMILES string of the molecule is CCc1nc(CN2CCN(C(=O)c3ccccc3[N+](=O)[O-])CC2)no1. The number of carbonyl (C=O) groups is 1. The molecule has 9 nitrogen and oxygen atoms in total. The lowest BCUT2D eigenvalue weighted by molar-refractivity contribution is -0.385. The molecular formula is C16H19N5O4. The van der Waals surface area contributed by atoms with Gasteiger partial charge in [-0.1, -0.05) is 24.2 Å². The van der Waals surface area contributed by atoms with E-state index in [4.69, 9.17) is 4.52 Å². The third-order valence-electron chi connectivity index (χ3n) is 4.17. The van der Waals surface area contributed by atoms with Gasteiger partial charge in [0.2, 0.25) is 5.89 Å². The predicted molar refractivity (Wildman–Crippen MR) is 88.0 cm³/mol. The van der Waals surface area contributed by atoms with Crippen LogP contribution in [-0.4, -0.2) is 56.9 Å². The molecule has 0 saturated carbocycles. The Balaban J connectivity index is 1.60. The van der Waals surface area contributed by atoms with Gasteiger partial charge in [0.25, 0.3) is 11.6 Å². The number of rotatable bonds is 5. The van der Waals surface area contributed by atoms with Gasteiger partial charge in [-0.05, 0) is 6.07 Å². The first-order chi connectivity index (χ1) is 12.1. The topological polar surface area (TPSA) is 106 Å². The quantitative estimate of drug-likeness (QED) is 0.597. The van der Waals surface area contributed by atoms with Crippen LogP contribution in [0.4, 0.5) is 5.69 Å². The van der Waals surface area contributed by atoms with Crippen molar-refractivity contribution in [3.8, 4) is 0 Å². The Morgan fingerprint density at radius 1 is 1.28 bits per heavy atom. The fraction of sp³-hybridized carbons (Fsp3) is 0.438. The molecule has 0 bridgehead atoms. The number of hydrogen-bond donors (Lipinski definition) is 0. The third-order valence-corrected chi connectivity index (χ3v) is 4.17. The van der Waals surface area contributed by atoms with Crippen LogP contribution in [0.2, 0.25) is 0 Å². The number of hydrogen-bond acceptors (Lipinski definition) is 7. The maximum absolute atomic E-state index is 12.6. The van der Waals surface area contributed by atoms with E-state index in [1.54, 1.807) is 17.0 Å². The van der Waals surface area contributed by atoms with Gasteiger partial charge in [0.1, 0.15) is 5.56 Å². The highest BCUT2D eigenvalue weighted by Crippen LogP contribution is 2.20. The number of nitrogens with zero attached hydrogens (tertiary/aromatic N) is 5. The highest BCUT2D eigenvalue weighted by molar-refractivity contribution is 5.98. The second-order valence-electron chi connectivity index (χ2n) is 5.80. The van der Waals surface area contributed by atoms with Crippen molar-refractivity contribution in [1.29, 1.82) is 0 Å². The van der Waals surface area contributed by atoms with Crippen LogP contribution in [0, 0.1) is 10.1 Å².